The number of phenols is 1. The molecule has 0 fully saturated rings. The molecule has 0 aliphatic carbocycles. The van der Waals surface area contributed by atoms with Gasteiger partial charge in [-0.1, -0.05) is 11.8 Å². The van der Waals surface area contributed by atoms with Crippen molar-refractivity contribution in [2.45, 2.75) is 5.03 Å². The third kappa shape index (κ3) is 3.09. The van der Waals surface area contributed by atoms with Crippen LogP contribution in [0.2, 0.25) is 0 Å². The summed E-state index contributed by atoms with van der Waals surface area (Å²) in [5.74, 6) is 0.220. The number of nitrogen functional groups attached to an aromatic ring is 1. The summed E-state index contributed by atoms with van der Waals surface area (Å²) in [5.41, 5.74) is 7.34. The van der Waals surface area contributed by atoms with E-state index in [1.165, 1.54) is 30.2 Å². The first-order valence-corrected chi connectivity index (χ1v) is 7.28. The van der Waals surface area contributed by atoms with Crippen LogP contribution in [-0.2, 0) is 4.79 Å². The molecule has 5 N–H and O–H groups in total. The van der Waals surface area contributed by atoms with Gasteiger partial charge in [-0.15, -0.1) is 0 Å². The molecule has 2 heterocycles. The van der Waals surface area contributed by atoms with Gasteiger partial charge < -0.3 is 21.1 Å². The highest BCUT2D eigenvalue weighted by atomic mass is 32.2. The number of anilines is 2. The lowest BCUT2D eigenvalue weighted by atomic mass is 10.3. The van der Waals surface area contributed by atoms with Crippen LogP contribution in [0.25, 0.3) is 11.2 Å². The maximum Gasteiger partial charge on any atom is 0.234 e. The second-order valence-electron chi connectivity index (χ2n) is 4.37. The molecule has 3 aromatic rings. The molecule has 0 spiro atoms. The maximum absolute atomic E-state index is 11.9. The smallest absolute Gasteiger partial charge is 0.234 e. The van der Waals surface area contributed by atoms with Gasteiger partial charge in [-0.05, 0) is 24.3 Å². The summed E-state index contributed by atoms with van der Waals surface area (Å²) in [6.45, 7) is 0. The largest absolute Gasteiger partial charge is 0.508 e. The highest BCUT2D eigenvalue weighted by Gasteiger charge is 2.11. The van der Waals surface area contributed by atoms with Crippen LogP contribution < -0.4 is 11.1 Å². The second-order valence-corrected chi connectivity index (χ2v) is 5.34. The fraction of sp³-hybridized carbons (Fsp3) is 0.0769. The third-order valence-electron chi connectivity index (χ3n) is 2.76. The van der Waals surface area contributed by atoms with Crippen LogP contribution in [0.15, 0.2) is 35.6 Å². The summed E-state index contributed by atoms with van der Waals surface area (Å²) in [5, 5.41) is 12.5. The SMILES string of the molecule is Nc1nc(SCC(=O)Nc2ccc(O)cc2)c2[nH]cnc2n1. The molecule has 1 amide bonds. The summed E-state index contributed by atoms with van der Waals surface area (Å²) >= 11 is 1.24. The summed E-state index contributed by atoms with van der Waals surface area (Å²) < 4.78 is 0. The minimum Gasteiger partial charge on any atom is -0.508 e. The van der Waals surface area contributed by atoms with E-state index in [1.54, 1.807) is 12.1 Å². The maximum atomic E-state index is 11.9. The second kappa shape index (κ2) is 5.90. The van der Waals surface area contributed by atoms with Gasteiger partial charge >= 0.3 is 0 Å². The number of rotatable bonds is 4. The van der Waals surface area contributed by atoms with Crippen LogP contribution in [0.3, 0.4) is 0 Å². The number of phenolic OH excluding ortho intramolecular Hbond substituents is 1. The highest BCUT2D eigenvalue weighted by molar-refractivity contribution is 8.00. The van der Waals surface area contributed by atoms with E-state index in [1.807, 2.05) is 0 Å². The molecular formula is C13H12N6O2S. The minimum absolute atomic E-state index is 0.112. The number of nitrogens with zero attached hydrogens (tertiary/aromatic N) is 3. The Kier molecular flexibility index (Phi) is 3.79. The van der Waals surface area contributed by atoms with Crippen LogP contribution >= 0.6 is 11.8 Å². The number of H-pyrrole nitrogens is 1. The van der Waals surface area contributed by atoms with Gasteiger partial charge in [-0.2, -0.15) is 4.98 Å². The summed E-state index contributed by atoms with van der Waals surface area (Å²) in [7, 11) is 0. The van der Waals surface area contributed by atoms with E-state index in [4.69, 9.17) is 5.73 Å². The van der Waals surface area contributed by atoms with E-state index in [9.17, 15) is 9.90 Å². The summed E-state index contributed by atoms with van der Waals surface area (Å²) in [4.78, 5) is 27.0. The predicted molar refractivity (Wildman–Crippen MR) is 83.6 cm³/mol. The molecule has 2 aromatic heterocycles. The number of thioether (sulfide) groups is 1. The molecule has 0 atom stereocenters. The molecular weight excluding hydrogens is 304 g/mol. The fourth-order valence-corrected chi connectivity index (χ4v) is 2.60. The molecule has 0 aliphatic heterocycles. The number of hydrogen-bond donors (Lipinski definition) is 4. The molecule has 0 saturated heterocycles. The number of aromatic nitrogens is 4. The molecule has 0 bridgehead atoms. The van der Waals surface area contributed by atoms with E-state index in [2.05, 4.69) is 25.3 Å². The van der Waals surface area contributed by atoms with E-state index >= 15 is 0 Å². The number of carbonyl (C=O) groups is 1. The van der Waals surface area contributed by atoms with Gasteiger partial charge in [-0.3, -0.25) is 4.79 Å². The predicted octanol–water partition coefficient (Wildman–Crippen LogP) is 1.37. The van der Waals surface area contributed by atoms with Crippen LogP contribution in [0.4, 0.5) is 11.6 Å². The zero-order valence-electron chi connectivity index (χ0n) is 11.3. The van der Waals surface area contributed by atoms with Crippen LogP contribution in [0, 0.1) is 0 Å². The highest BCUT2D eigenvalue weighted by Crippen LogP contribution is 2.23. The van der Waals surface area contributed by atoms with Crippen molar-refractivity contribution in [1.82, 2.24) is 19.9 Å². The number of benzene rings is 1. The van der Waals surface area contributed by atoms with Crippen molar-refractivity contribution < 1.29 is 9.90 Å². The van der Waals surface area contributed by atoms with E-state index in [-0.39, 0.29) is 23.4 Å². The molecule has 3 rings (SSSR count). The fourth-order valence-electron chi connectivity index (χ4n) is 1.80. The Bertz CT molecular complexity index is 817. The van der Waals surface area contributed by atoms with Gasteiger partial charge in [0.25, 0.3) is 0 Å². The van der Waals surface area contributed by atoms with Crippen molar-refractivity contribution in [2.75, 3.05) is 16.8 Å². The zero-order valence-corrected chi connectivity index (χ0v) is 12.1. The van der Waals surface area contributed by atoms with E-state index in [0.29, 0.717) is 21.9 Å². The average molecular weight is 316 g/mol. The van der Waals surface area contributed by atoms with Crippen LogP contribution in [-0.4, -0.2) is 36.7 Å². The average Bonchev–Trinajstić information content (AvgIpc) is 2.95. The van der Waals surface area contributed by atoms with Crippen molar-refractivity contribution in [3.8, 4) is 5.75 Å². The monoisotopic (exact) mass is 316 g/mol. The Hall–Kier alpha value is -2.81. The lowest BCUT2D eigenvalue weighted by Gasteiger charge is -2.05. The first-order chi connectivity index (χ1) is 10.6. The van der Waals surface area contributed by atoms with Crippen molar-refractivity contribution in [1.29, 1.82) is 0 Å². The molecule has 0 saturated carbocycles. The van der Waals surface area contributed by atoms with Gasteiger partial charge in [0.1, 0.15) is 16.3 Å². The summed E-state index contributed by atoms with van der Waals surface area (Å²) in [6.07, 6.45) is 1.50. The molecule has 9 heteroatoms. The minimum atomic E-state index is -0.194. The van der Waals surface area contributed by atoms with Gasteiger partial charge in [0.15, 0.2) is 5.65 Å². The Morgan fingerprint density at radius 3 is 2.86 bits per heavy atom. The van der Waals surface area contributed by atoms with Gasteiger partial charge in [-0.25, -0.2) is 9.97 Å². The first-order valence-electron chi connectivity index (χ1n) is 6.30. The molecule has 112 valence electrons. The van der Waals surface area contributed by atoms with Crippen molar-refractivity contribution in [2.24, 2.45) is 0 Å². The van der Waals surface area contributed by atoms with Crippen molar-refractivity contribution >= 4 is 40.5 Å². The van der Waals surface area contributed by atoms with Crippen LogP contribution in [0.5, 0.6) is 5.75 Å². The molecule has 1 aromatic carbocycles. The first kappa shape index (κ1) is 14.1. The van der Waals surface area contributed by atoms with E-state index in [0.717, 1.165) is 0 Å². The van der Waals surface area contributed by atoms with Gasteiger partial charge in [0.2, 0.25) is 11.9 Å². The van der Waals surface area contributed by atoms with Crippen molar-refractivity contribution in [3.63, 3.8) is 0 Å². The number of amides is 1. The molecule has 0 radical (unpaired) electrons. The Morgan fingerprint density at radius 1 is 1.32 bits per heavy atom. The third-order valence-corrected chi connectivity index (χ3v) is 3.74. The lowest BCUT2D eigenvalue weighted by Crippen LogP contribution is -2.14. The normalized spacial score (nSPS) is 10.7. The standard InChI is InChI=1S/C13H12N6O2S/c14-13-18-11-10(15-6-16-11)12(19-13)22-5-9(21)17-7-1-3-8(20)4-2-7/h1-4,6,20H,5H2,(H,17,21)(H3,14,15,16,18,19). The quantitative estimate of drug-likeness (QED) is 0.325. The molecule has 8 nitrogen and oxygen atoms in total. The number of imidazole rings is 1. The topological polar surface area (TPSA) is 130 Å². The Labute approximate surface area is 129 Å². The van der Waals surface area contributed by atoms with Gasteiger partial charge in [0.05, 0.1) is 12.1 Å². The molecule has 0 aliphatic rings. The lowest BCUT2D eigenvalue weighted by molar-refractivity contribution is -0.113. The zero-order chi connectivity index (χ0) is 15.5. The van der Waals surface area contributed by atoms with Crippen molar-refractivity contribution in [3.05, 3.63) is 30.6 Å². The Morgan fingerprint density at radius 2 is 2.09 bits per heavy atom. The molecule has 0 unspecified atom stereocenters. The summed E-state index contributed by atoms with van der Waals surface area (Å²) in [6, 6.07) is 6.24. The number of aromatic amines is 1. The number of nitrogens with one attached hydrogen (secondary N) is 2. The number of hydrogen-bond acceptors (Lipinski definition) is 7. The number of nitrogens with two attached hydrogens (primary N) is 1. The number of aromatic hydroxyl groups is 1. The van der Waals surface area contributed by atoms with Gasteiger partial charge in [0, 0.05) is 5.69 Å². The van der Waals surface area contributed by atoms with Crippen LogP contribution in [0.1, 0.15) is 0 Å². The van der Waals surface area contributed by atoms with E-state index < -0.39 is 0 Å². The number of carbonyl (C=O) groups excluding carboxylic acids is 1. The molecule has 22 heavy (non-hydrogen) atoms. The Balaban J connectivity index is 1.67. The number of fused-ring (bicyclic) bond motifs is 1.